The van der Waals surface area contributed by atoms with Crippen LogP contribution in [0.1, 0.15) is 12.0 Å². The van der Waals surface area contributed by atoms with Gasteiger partial charge in [-0.3, -0.25) is 0 Å². The lowest BCUT2D eigenvalue weighted by atomic mass is 9.86. The first-order valence-corrected chi connectivity index (χ1v) is 6.19. The summed E-state index contributed by atoms with van der Waals surface area (Å²) in [5.74, 6) is -0.463. The fourth-order valence-corrected chi connectivity index (χ4v) is 2.22. The van der Waals surface area contributed by atoms with Gasteiger partial charge in [0.2, 0.25) is 0 Å². The molecule has 1 aliphatic rings. The van der Waals surface area contributed by atoms with E-state index < -0.39 is 10.8 Å². The maximum absolute atomic E-state index is 11.9. The number of hydrogen-bond acceptors (Lipinski definition) is 3. The van der Waals surface area contributed by atoms with Crippen molar-refractivity contribution in [2.24, 2.45) is 0 Å². The predicted octanol–water partition coefficient (Wildman–Crippen LogP) is 2.75. The van der Waals surface area contributed by atoms with Crippen molar-refractivity contribution in [3.63, 3.8) is 0 Å². The summed E-state index contributed by atoms with van der Waals surface area (Å²) in [7, 11) is 1.31. The SMILES string of the molecule is COC(=O)C1=C(c2ccccc2)C=CC(Cl)(C=O)C1. The van der Waals surface area contributed by atoms with Gasteiger partial charge in [-0.2, -0.15) is 0 Å². The van der Waals surface area contributed by atoms with E-state index in [0.717, 1.165) is 11.1 Å². The molecule has 19 heavy (non-hydrogen) atoms. The van der Waals surface area contributed by atoms with Crippen LogP contribution in [0, 0.1) is 0 Å². The van der Waals surface area contributed by atoms with Crippen molar-refractivity contribution in [2.45, 2.75) is 11.3 Å². The van der Waals surface area contributed by atoms with Gasteiger partial charge in [0.05, 0.1) is 7.11 Å². The van der Waals surface area contributed by atoms with E-state index in [1.54, 1.807) is 12.2 Å². The van der Waals surface area contributed by atoms with E-state index in [0.29, 0.717) is 11.9 Å². The number of ether oxygens (including phenoxy) is 1. The largest absolute Gasteiger partial charge is 0.466 e. The summed E-state index contributed by atoms with van der Waals surface area (Å²) in [4.78, 5) is 21.7. The number of benzene rings is 1. The zero-order chi connectivity index (χ0) is 13.9. The lowest BCUT2D eigenvalue weighted by Crippen LogP contribution is -2.27. The second kappa shape index (κ2) is 5.41. The predicted molar refractivity (Wildman–Crippen MR) is 73.8 cm³/mol. The first-order valence-electron chi connectivity index (χ1n) is 5.81. The monoisotopic (exact) mass is 276 g/mol. The van der Waals surface area contributed by atoms with Crippen molar-refractivity contribution in [1.29, 1.82) is 0 Å². The van der Waals surface area contributed by atoms with Gasteiger partial charge in [0.25, 0.3) is 0 Å². The van der Waals surface area contributed by atoms with Gasteiger partial charge in [0.15, 0.2) is 0 Å². The summed E-state index contributed by atoms with van der Waals surface area (Å²) in [5, 5.41) is 0. The third-order valence-electron chi connectivity index (χ3n) is 3.01. The Morgan fingerprint density at radius 2 is 2.05 bits per heavy atom. The van der Waals surface area contributed by atoms with E-state index >= 15 is 0 Å². The van der Waals surface area contributed by atoms with Gasteiger partial charge >= 0.3 is 5.97 Å². The molecule has 0 spiro atoms. The van der Waals surface area contributed by atoms with Crippen LogP contribution in [0.3, 0.4) is 0 Å². The molecule has 98 valence electrons. The van der Waals surface area contributed by atoms with Crippen molar-refractivity contribution >= 4 is 29.4 Å². The minimum Gasteiger partial charge on any atom is -0.466 e. The van der Waals surface area contributed by atoms with Gasteiger partial charge in [-0.15, -0.1) is 11.6 Å². The number of alkyl halides is 1. The lowest BCUT2D eigenvalue weighted by molar-refractivity contribution is -0.136. The van der Waals surface area contributed by atoms with Crippen LogP contribution >= 0.6 is 11.6 Å². The highest BCUT2D eigenvalue weighted by Gasteiger charge is 2.33. The van der Waals surface area contributed by atoms with Crippen LogP contribution in [0.5, 0.6) is 0 Å². The Balaban J connectivity index is 2.51. The molecule has 0 saturated carbocycles. The number of carbonyl (C=O) groups excluding carboxylic acids is 2. The fourth-order valence-electron chi connectivity index (χ4n) is 2.02. The third-order valence-corrected chi connectivity index (χ3v) is 3.36. The Morgan fingerprint density at radius 3 is 2.63 bits per heavy atom. The maximum atomic E-state index is 11.9. The Labute approximate surface area is 116 Å². The summed E-state index contributed by atoms with van der Waals surface area (Å²) in [6.07, 6.45) is 4.07. The van der Waals surface area contributed by atoms with Crippen molar-refractivity contribution in [2.75, 3.05) is 7.11 Å². The van der Waals surface area contributed by atoms with Crippen LogP contribution < -0.4 is 0 Å². The van der Waals surface area contributed by atoms with E-state index in [1.807, 2.05) is 30.3 Å². The molecule has 1 unspecified atom stereocenters. The molecule has 0 amide bonds. The zero-order valence-electron chi connectivity index (χ0n) is 10.4. The standard InChI is InChI=1S/C15H13ClO3/c1-19-14(18)13-9-15(16,10-17)8-7-12(13)11-5-3-2-4-6-11/h2-8,10H,9H2,1H3. The summed E-state index contributed by atoms with van der Waals surface area (Å²) in [6, 6.07) is 9.45. The highest BCUT2D eigenvalue weighted by Crippen LogP contribution is 2.35. The Kier molecular flexibility index (Phi) is 3.86. The van der Waals surface area contributed by atoms with E-state index in [-0.39, 0.29) is 6.42 Å². The third kappa shape index (κ3) is 2.76. The summed E-state index contributed by atoms with van der Waals surface area (Å²) in [6.45, 7) is 0. The normalized spacial score (nSPS) is 22.2. The average molecular weight is 277 g/mol. The molecular weight excluding hydrogens is 264 g/mol. The molecule has 0 radical (unpaired) electrons. The Morgan fingerprint density at radius 1 is 1.37 bits per heavy atom. The Bertz CT molecular complexity index is 560. The number of allylic oxidation sites excluding steroid dienone is 3. The highest BCUT2D eigenvalue weighted by atomic mass is 35.5. The van der Waals surface area contributed by atoms with E-state index in [4.69, 9.17) is 16.3 Å². The molecule has 1 aromatic carbocycles. The molecular formula is C15H13ClO3. The van der Waals surface area contributed by atoms with Crippen LogP contribution in [0.25, 0.3) is 5.57 Å². The Hall–Kier alpha value is -1.87. The number of aldehydes is 1. The minimum atomic E-state index is -1.16. The van der Waals surface area contributed by atoms with Crippen molar-refractivity contribution < 1.29 is 14.3 Å². The molecule has 0 aromatic heterocycles. The molecule has 0 fully saturated rings. The van der Waals surface area contributed by atoms with Gasteiger partial charge in [-0.05, 0) is 11.1 Å². The first kappa shape index (κ1) is 13.6. The van der Waals surface area contributed by atoms with Gasteiger partial charge in [0, 0.05) is 12.0 Å². The summed E-state index contributed by atoms with van der Waals surface area (Å²) < 4.78 is 4.77. The van der Waals surface area contributed by atoms with Crippen LogP contribution in [-0.2, 0) is 14.3 Å². The maximum Gasteiger partial charge on any atom is 0.334 e. The second-order valence-electron chi connectivity index (χ2n) is 4.30. The average Bonchev–Trinajstić information content (AvgIpc) is 2.47. The van der Waals surface area contributed by atoms with Crippen molar-refractivity contribution in [3.05, 3.63) is 53.6 Å². The smallest absolute Gasteiger partial charge is 0.334 e. The van der Waals surface area contributed by atoms with Crippen LogP contribution in [0.15, 0.2) is 48.1 Å². The molecule has 0 N–H and O–H groups in total. The quantitative estimate of drug-likeness (QED) is 0.484. The number of hydrogen-bond donors (Lipinski definition) is 0. The number of rotatable bonds is 3. The van der Waals surface area contributed by atoms with Crippen LogP contribution in [-0.4, -0.2) is 24.2 Å². The highest BCUT2D eigenvalue weighted by molar-refractivity contribution is 6.34. The molecule has 1 aromatic rings. The van der Waals surface area contributed by atoms with Crippen LogP contribution in [0.2, 0.25) is 0 Å². The van der Waals surface area contributed by atoms with Gasteiger partial charge in [-0.1, -0.05) is 42.5 Å². The molecule has 0 bridgehead atoms. The van der Waals surface area contributed by atoms with Gasteiger partial charge in [-0.25, -0.2) is 4.79 Å². The molecule has 2 rings (SSSR count). The number of carbonyl (C=O) groups is 2. The van der Waals surface area contributed by atoms with Gasteiger partial charge in [0.1, 0.15) is 11.2 Å². The molecule has 0 saturated heterocycles. The zero-order valence-corrected chi connectivity index (χ0v) is 11.2. The second-order valence-corrected chi connectivity index (χ2v) is 5.01. The van der Waals surface area contributed by atoms with E-state index in [2.05, 4.69) is 0 Å². The van der Waals surface area contributed by atoms with E-state index in [9.17, 15) is 9.59 Å². The molecule has 4 heteroatoms. The summed E-state index contributed by atoms with van der Waals surface area (Å²) in [5.41, 5.74) is 2.05. The lowest BCUT2D eigenvalue weighted by Gasteiger charge is -2.24. The molecule has 0 heterocycles. The molecule has 3 nitrogen and oxygen atoms in total. The molecule has 0 aliphatic heterocycles. The van der Waals surface area contributed by atoms with Crippen molar-refractivity contribution in [3.8, 4) is 0 Å². The number of esters is 1. The fraction of sp³-hybridized carbons (Fsp3) is 0.200. The molecule has 1 atom stereocenters. The van der Waals surface area contributed by atoms with E-state index in [1.165, 1.54) is 7.11 Å². The van der Waals surface area contributed by atoms with Crippen molar-refractivity contribution in [1.82, 2.24) is 0 Å². The number of methoxy groups -OCH3 is 1. The molecule has 1 aliphatic carbocycles. The summed E-state index contributed by atoms with van der Waals surface area (Å²) >= 11 is 6.11. The van der Waals surface area contributed by atoms with Gasteiger partial charge < -0.3 is 9.53 Å². The first-order chi connectivity index (χ1) is 9.09. The number of halogens is 1. The van der Waals surface area contributed by atoms with Crippen LogP contribution in [0.4, 0.5) is 0 Å². The topological polar surface area (TPSA) is 43.4 Å². The minimum absolute atomic E-state index is 0.130.